The maximum absolute atomic E-state index is 12.3. The summed E-state index contributed by atoms with van der Waals surface area (Å²) in [5.41, 5.74) is 4.93. The Labute approximate surface area is 207 Å². The number of esters is 3. The molecule has 196 valence electrons. The molecule has 0 bridgehead atoms. The molecule has 0 heterocycles. The van der Waals surface area contributed by atoms with Gasteiger partial charge in [-0.3, -0.25) is 19.2 Å². The summed E-state index contributed by atoms with van der Waals surface area (Å²) in [6.07, 6.45) is -0.669. The number of carboxylic acid groups (broad SMARTS) is 1. The van der Waals surface area contributed by atoms with Gasteiger partial charge in [0.05, 0.1) is 5.92 Å². The largest absolute Gasteiger partial charge is 0.480 e. The van der Waals surface area contributed by atoms with Crippen molar-refractivity contribution in [2.24, 2.45) is 23.5 Å². The molecular formula is C26H39NO8. The van der Waals surface area contributed by atoms with Crippen molar-refractivity contribution in [2.45, 2.75) is 85.8 Å². The predicted molar refractivity (Wildman–Crippen MR) is 130 cm³/mol. The summed E-state index contributed by atoms with van der Waals surface area (Å²) in [7, 11) is 0. The molecule has 3 N–H and O–H groups in total. The standard InChI is InChI=1S/C26H39NO8/c1-15(2)10-22(28)34-20-9-8-19(12-21(20)35-23(29)11-16(3)4)14-26(27,25(31)32)13-18(7)33-24(30)17(5)6/h8-9,12,15-18H,10-11,13-14,27H2,1-7H3,(H,31,32)/t18-,26?/m0/s1. The summed E-state index contributed by atoms with van der Waals surface area (Å²) in [6.45, 7) is 12.4. The molecule has 0 saturated carbocycles. The van der Waals surface area contributed by atoms with Crippen molar-refractivity contribution >= 4 is 23.9 Å². The first-order chi connectivity index (χ1) is 16.1. The third kappa shape index (κ3) is 10.5. The summed E-state index contributed by atoms with van der Waals surface area (Å²) in [6, 6.07) is 4.47. The van der Waals surface area contributed by atoms with Gasteiger partial charge in [0, 0.05) is 25.7 Å². The van der Waals surface area contributed by atoms with Crippen LogP contribution in [0.3, 0.4) is 0 Å². The number of carboxylic acids is 1. The van der Waals surface area contributed by atoms with Crippen molar-refractivity contribution in [1.29, 1.82) is 0 Å². The van der Waals surface area contributed by atoms with E-state index < -0.39 is 35.5 Å². The first-order valence-corrected chi connectivity index (χ1v) is 11.9. The lowest BCUT2D eigenvalue weighted by molar-refractivity contribution is -0.156. The normalized spacial score (nSPS) is 13.9. The molecule has 9 heteroatoms. The highest BCUT2D eigenvalue weighted by molar-refractivity contribution is 5.80. The molecule has 1 aromatic rings. The van der Waals surface area contributed by atoms with Gasteiger partial charge in [-0.15, -0.1) is 0 Å². The summed E-state index contributed by atoms with van der Waals surface area (Å²) < 4.78 is 16.2. The highest BCUT2D eigenvalue weighted by Crippen LogP contribution is 2.32. The van der Waals surface area contributed by atoms with E-state index in [9.17, 15) is 24.3 Å². The van der Waals surface area contributed by atoms with Gasteiger partial charge >= 0.3 is 23.9 Å². The third-order valence-corrected chi connectivity index (χ3v) is 4.99. The van der Waals surface area contributed by atoms with Gasteiger partial charge < -0.3 is 25.1 Å². The van der Waals surface area contributed by atoms with Crippen LogP contribution in [0.2, 0.25) is 0 Å². The number of benzene rings is 1. The maximum atomic E-state index is 12.3. The SMILES string of the molecule is CC(C)CC(=O)Oc1ccc(CC(N)(C[C@H](C)OC(=O)C(C)C)C(=O)O)cc1OC(=O)CC(C)C. The zero-order valence-electron chi connectivity index (χ0n) is 21.8. The Morgan fingerprint density at radius 1 is 0.886 bits per heavy atom. The number of hydrogen-bond acceptors (Lipinski definition) is 8. The average molecular weight is 494 g/mol. The molecule has 0 aromatic heterocycles. The van der Waals surface area contributed by atoms with Crippen LogP contribution in [-0.2, 0) is 30.3 Å². The van der Waals surface area contributed by atoms with Crippen LogP contribution >= 0.6 is 0 Å². The van der Waals surface area contributed by atoms with Crippen LogP contribution in [0.4, 0.5) is 0 Å². The summed E-state index contributed by atoms with van der Waals surface area (Å²) >= 11 is 0. The van der Waals surface area contributed by atoms with E-state index in [2.05, 4.69) is 0 Å². The second-order valence-corrected chi connectivity index (χ2v) is 10.2. The molecule has 0 aliphatic rings. The van der Waals surface area contributed by atoms with Crippen LogP contribution in [0.1, 0.15) is 73.3 Å². The van der Waals surface area contributed by atoms with Gasteiger partial charge in [0.1, 0.15) is 11.6 Å². The minimum atomic E-state index is -1.76. The lowest BCUT2D eigenvalue weighted by Gasteiger charge is -2.28. The Bertz CT molecular complexity index is 909. The number of ether oxygens (including phenoxy) is 3. The second kappa shape index (κ2) is 13.2. The molecule has 0 fully saturated rings. The van der Waals surface area contributed by atoms with Gasteiger partial charge in [0.25, 0.3) is 0 Å². The van der Waals surface area contributed by atoms with Gasteiger partial charge in [0.15, 0.2) is 11.5 Å². The zero-order valence-corrected chi connectivity index (χ0v) is 21.8. The van der Waals surface area contributed by atoms with Gasteiger partial charge in [-0.1, -0.05) is 47.6 Å². The molecule has 1 aromatic carbocycles. The Hall–Kier alpha value is -2.94. The van der Waals surface area contributed by atoms with Crippen LogP contribution in [0.5, 0.6) is 11.5 Å². The second-order valence-electron chi connectivity index (χ2n) is 10.2. The smallest absolute Gasteiger partial charge is 0.324 e. The topological polar surface area (TPSA) is 142 Å². The summed E-state index contributed by atoms with van der Waals surface area (Å²) in [5.74, 6) is -2.86. The highest BCUT2D eigenvalue weighted by Gasteiger charge is 2.37. The van der Waals surface area contributed by atoms with E-state index in [1.165, 1.54) is 12.1 Å². The van der Waals surface area contributed by atoms with E-state index >= 15 is 0 Å². The molecule has 0 amide bonds. The lowest BCUT2D eigenvalue weighted by atomic mass is 9.86. The Morgan fingerprint density at radius 3 is 1.86 bits per heavy atom. The van der Waals surface area contributed by atoms with Gasteiger partial charge in [-0.2, -0.15) is 0 Å². The van der Waals surface area contributed by atoms with E-state index in [1.54, 1.807) is 26.8 Å². The van der Waals surface area contributed by atoms with Crippen molar-refractivity contribution in [3.8, 4) is 11.5 Å². The molecule has 0 aliphatic heterocycles. The molecule has 9 nitrogen and oxygen atoms in total. The average Bonchev–Trinajstić information content (AvgIpc) is 2.68. The van der Waals surface area contributed by atoms with Crippen molar-refractivity contribution in [1.82, 2.24) is 0 Å². The Balaban J connectivity index is 3.21. The van der Waals surface area contributed by atoms with Crippen LogP contribution in [0.15, 0.2) is 18.2 Å². The Kier molecular flexibility index (Phi) is 11.4. The van der Waals surface area contributed by atoms with E-state index in [4.69, 9.17) is 19.9 Å². The fourth-order valence-electron chi connectivity index (χ4n) is 3.31. The van der Waals surface area contributed by atoms with Crippen LogP contribution in [-0.4, -0.2) is 40.6 Å². The maximum Gasteiger partial charge on any atom is 0.324 e. The number of carbonyl (C=O) groups is 4. The number of carbonyl (C=O) groups excluding carboxylic acids is 3. The number of hydrogen-bond donors (Lipinski definition) is 2. The molecular weight excluding hydrogens is 454 g/mol. The van der Waals surface area contributed by atoms with Crippen molar-refractivity contribution in [2.75, 3.05) is 0 Å². The monoisotopic (exact) mass is 493 g/mol. The molecule has 1 unspecified atom stereocenters. The number of nitrogens with two attached hydrogens (primary N) is 1. The molecule has 0 spiro atoms. The van der Waals surface area contributed by atoms with E-state index in [1.807, 2.05) is 27.7 Å². The molecule has 0 aliphatic carbocycles. The zero-order chi connectivity index (χ0) is 26.9. The quantitative estimate of drug-likeness (QED) is 0.309. The van der Waals surface area contributed by atoms with Gasteiger partial charge in [0.2, 0.25) is 0 Å². The number of rotatable bonds is 13. The summed E-state index contributed by atoms with van der Waals surface area (Å²) in [4.78, 5) is 48.5. The minimum absolute atomic E-state index is 0.0114. The van der Waals surface area contributed by atoms with Crippen LogP contribution in [0, 0.1) is 17.8 Å². The van der Waals surface area contributed by atoms with Crippen LogP contribution in [0.25, 0.3) is 0 Å². The van der Waals surface area contributed by atoms with E-state index in [0.717, 1.165) is 0 Å². The first kappa shape index (κ1) is 30.1. The highest BCUT2D eigenvalue weighted by atomic mass is 16.6. The predicted octanol–water partition coefficient (Wildman–Crippen LogP) is 3.89. The van der Waals surface area contributed by atoms with Crippen molar-refractivity contribution < 1.29 is 38.5 Å². The fourth-order valence-corrected chi connectivity index (χ4v) is 3.31. The van der Waals surface area contributed by atoms with E-state index in [0.29, 0.717) is 5.56 Å². The minimum Gasteiger partial charge on any atom is -0.480 e. The molecule has 35 heavy (non-hydrogen) atoms. The molecule has 0 radical (unpaired) electrons. The summed E-state index contributed by atoms with van der Waals surface area (Å²) in [5, 5.41) is 9.84. The van der Waals surface area contributed by atoms with Crippen molar-refractivity contribution in [3.05, 3.63) is 23.8 Å². The van der Waals surface area contributed by atoms with Crippen molar-refractivity contribution in [3.63, 3.8) is 0 Å². The first-order valence-electron chi connectivity index (χ1n) is 11.9. The van der Waals surface area contributed by atoms with E-state index in [-0.39, 0.29) is 54.9 Å². The third-order valence-electron chi connectivity index (χ3n) is 4.99. The van der Waals surface area contributed by atoms with Crippen LogP contribution < -0.4 is 15.2 Å². The molecule has 1 rings (SSSR count). The van der Waals surface area contributed by atoms with Gasteiger partial charge in [-0.05, 0) is 36.5 Å². The van der Waals surface area contributed by atoms with Gasteiger partial charge in [-0.25, -0.2) is 0 Å². The number of aliphatic carboxylic acids is 1. The Morgan fingerprint density at radius 2 is 1.40 bits per heavy atom. The molecule has 0 saturated heterocycles. The molecule has 2 atom stereocenters. The fraction of sp³-hybridized carbons (Fsp3) is 0.615. The lowest BCUT2D eigenvalue weighted by Crippen LogP contribution is -2.52.